The third kappa shape index (κ3) is 4.65. The average Bonchev–Trinajstić information content (AvgIpc) is 3.44. The standard InChI is InChI=1S/C23H20N6O5S/c30-16-3-1-15(2-4-16)20-21(29-13-14-34-23(29)28-20)19-9-10-24-22(27-19)25-11-12-26-35(32,33)18-7-5-17(31)6-8-18/h1-10,13-14,26,30-31H,11-12H2,(H,24,25,27). The number of hydrogen-bond acceptors (Lipinski definition) is 9. The minimum atomic E-state index is -3.71. The van der Waals surface area contributed by atoms with E-state index < -0.39 is 10.0 Å². The quantitative estimate of drug-likeness (QED) is 0.239. The fourth-order valence-electron chi connectivity index (χ4n) is 3.50. The maximum absolute atomic E-state index is 12.4. The van der Waals surface area contributed by atoms with Crippen LogP contribution in [-0.4, -0.2) is 51.1 Å². The molecule has 0 saturated carbocycles. The van der Waals surface area contributed by atoms with E-state index in [1.807, 2.05) is 0 Å². The van der Waals surface area contributed by atoms with Gasteiger partial charge < -0.3 is 19.9 Å². The molecule has 0 aliphatic carbocycles. The summed E-state index contributed by atoms with van der Waals surface area (Å²) in [5.41, 5.74) is 2.64. The molecule has 12 heteroatoms. The van der Waals surface area contributed by atoms with E-state index in [9.17, 15) is 18.6 Å². The number of nitrogens with one attached hydrogen (secondary N) is 2. The van der Waals surface area contributed by atoms with Gasteiger partial charge in [-0.05, 0) is 54.6 Å². The van der Waals surface area contributed by atoms with Crippen LogP contribution in [-0.2, 0) is 10.0 Å². The van der Waals surface area contributed by atoms with E-state index >= 15 is 0 Å². The molecule has 0 atom stereocenters. The molecule has 35 heavy (non-hydrogen) atoms. The molecule has 3 aromatic heterocycles. The van der Waals surface area contributed by atoms with Crippen molar-refractivity contribution in [3.05, 3.63) is 73.3 Å². The maximum atomic E-state index is 12.4. The zero-order chi connectivity index (χ0) is 24.4. The number of imidazole rings is 1. The number of oxazole rings is 1. The van der Waals surface area contributed by atoms with Crippen LogP contribution in [0.25, 0.3) is 28.5 Å². The van der Waals surface area contributed by atoms with E-state index in [4.69, 9.17) is 4.42 Å². The zero-order valence-electron chi connectivity index (χ0n) is 18.2. The fraction of sp³-hybridized carbons (Fsp3) is 0.0870. The summed E-state index contributed by atoms with van der Waals surface area (Å²) in [7, 11) is -3.71. The molecular formula is C23H20N6O5S. The molecule has 3 heterocycles. The van der Waals surface area contributed by atoms with Crippen LogP contribution in [0.1, 0.15) is 0 Å². The smallest absolute Gasteiger partial charge is 0.306 e. The lowest BCUT2D eigenvalue weighted by atomic mass is 10.1. The Hall–Kier alpha value is -4.42. The van der Waals surface area contributed by atoms with Gasteiger partial charge in [-0.15, -0.1) is 0 Å². The van der Waals surface area contributed by atoms with Crippen molar-refractivity contribution in [2.75, 3.05) is 18.4 Å². The molecule has 4 N–H and O–H groups in total. The van der Waals surface area contributed by atoms with E-state index in [1.54, 1.807) is 47.1 Å². The molecule has 0 amide bonds. The van der Waals surface area contributed by atoms with Gasteiger partial charge in [-0.1, -0.05) is 0 Å². The van der Waals surface area contributed by atoms with Crippen LogP contribution in [0.15, 0.2) is 82.6 Å². The van der Waals surface area contributed by atoms with Gasteiger partial charge in [0.25, 0.3) is 0 Å². The van der Waals surface area contributed by atoms with Gasteiger partial charge in [-0.2, -0.15) is 4.98 Å². The van der Waals surface area contributed by atoms with Crippen LogP contribution < -0.4 is 10.0 Å². The highest BCUT2D eigenvalue weighted by molar-refractivity contribution is 7.89. The number of rotatable bonds is 8. The molecule has 0 saturated heterocycles. The number of hydrogen-bond donors (Lipinski definition) is 4. The molecule has 2 aromatic carbocycles. The minimum Gasteiger partial charge on any atom is -0.508 e. The predicted molar refractivity (Wildman–Crippen MR) is 127 cm³/mol. The number of sulfonamides is 1. The first-order valence-corrected chi connectivity index (χ1v) is 12.0. The second-order valence-electron chi connectivity index (χ2n) is 7.50. The number of nitrogens with zero attached hydrogens (tertiary/aromatic N) is 4. The number of aromatic hydroxyl groups is 2. The molecule has 11 nitrogen and oxygen atoms in total. The van der Waals surface area contributed by atoms with Gasteiger partial charge in [-0.3, -0.25) is 4.40 Å². The average molecular weight is 493 g/mol. The fourth-order valence-corrected chi connectivity index (χ4v) is 4.53. The molecule has 0 spiro atoms. The second-order valence-corrected chi connectivity index (χ2v) is 9.26. The molecule has 5 rings (SSSR count). The Balaban J connectivity index is 1.33. The molecule has 178 valence electrons. The first-order valence-electron chi connectivity index (χ1n) is 10.5. The van der Waals surface area contributed by atoms with Crippen molar-refractivity contribution in [2.24, 2.45) is 0 Å². The maximum Gasteiger partial charge on any atom is 0.306 e. The highest BCUT2D eigenvalue weighted by Crippen LogP contribution is 2.33. The number of phenols is 2. The van der Waals surface area contributed by atoms with Gasteiger partial charge >= 0.3 is 5.84 Å². The number of aromatic nitrogens is 4. The lowest BCUT2D eigenvalue weighted by molar-refractivity contribution is 0.474. The topological polar surface area (TPSA) is 155 Å². The predicted octanol–water partition coefficient (Wildman–Crippen LogP) is 2.85. The first kappa shape index (κ1) is 22.4. The Morgan fingerprint density at radius 2 is 1.63 bits per heavy atom. The summed E-state index contributed by atoms with van der Waals surface area (Å²) in [6, 6.07) is 13.7. The summed E-state index contributed by atoms with van der Waals surface area (Å²) in [4.78, 5) is 13.4. The normalized spacial score (nSPS) is 11.7. The number of fused-ring (bicyclic) bond motifs is 1. The van der Waals surface area contributed by atoms with Crippen LogP contribution in [0.3, 0.4) is 0 Å². The van der Waals surface area contributed by atoms with Crippen molar-refractivity contribution < 1.29 is 23.0 Å². The highest BCUT2D eigenvalue weighted by atomic mass is 32.2. The second kappa shape index (κ2) is 9.08. The molecule has 0 radical (unpaired) electrons. The summed E-state index contributed by atoms with van der Waals surface area (Å²) in [5, 5.41) is 22.0. The third-order valence-electron chi connectivity index (χ3n) is 5.15. The van der Waals surface area contributed by atoms with Gasteiger partial charge in [-0.25, -0.2) is 23.1 Å². The van der Waals surface area contributed by atoms with Crippen molar-refractivity contribution in [3.63, 3.8) is 0 Å². The van der Waals surface area contributed by atoms with Crippen molar-refractivity contribution in [1.82, 2.24) is 24.1 Å². The molecule has 0 aliphatic heterocycles. The van der Waals surface area contributed by atoms with E-state index in [1.165, 1.54) is 30.5 Å². The number of benzene rings is 2. The molecule has 0 aliphatic rings. The van der Waals surface area contributed by atoms with Gasteiger partial charge in [0.1, 0.15) is 29.2 Å². The van der Waals surface area contributed by atoms with Gasteiger partial charge in [0.2, 0.25) is 16.0 Å². The summed E-state index contributed by atoms with van der Waals surface area (Å²) in [6.07, 6.45) is 4.84. The Labute approximate surface area is 199 Å². The van der Waals surface area contributed by atoms with Gasteiger partial charge in [0.05, 0.1) is 10.6 Å². The van der Waals surface area contributed by atoms with E-state index in [-0.39, 0.29) is 29.5 Å². The molecule has 0 unspecified atom stereocenters. The minimum absolute atomic E-state index is 0.0119. The van der Waals surface area contributed by atoms with Crippen LogP contribution in [0.5, 0.6) is 11.5 Å². The Kier molecular flexibility index (Phi) is 5.81. The molecule has 5 aromatic rings. The van der Waals surface area contributed by atoms with E-state index in [0.29, 0.717) is 28.9 Å². The van der Waals surface area contributed by atoms with Crippen molar-refractivity contribution >= 4 is 21.8 Å². The Bertz CT molecular complexity index is 1580. The van der Waals surface area contributed by atoms with Crippen LogP contribution in [0.4, 0.5) is 5.95 Å². The van der Waals surface area contributed by atoms with Crippen molar-refractivity contribution in [3.8, 4) is 34.1 Å². The first-order chi connectivity index (χ1) is 16.9. The van der Waals surface area contributed by atoms with E-state index in [2.05, 4.69) is 25.0 Å². The van der Waals surface area contributed by atoms with Crippen molar-refractivity contribution in [2.45, 2.75) is 4.90 Å². The van der Waals surface area contributed by atoms with Crippen LogP contribution in [0, 0.1) is 0 Å². The van der Waals surface area contributed by atoms with E-state index in [0.717, 1.165) is 5.56 Å². The molecule has 0 fully saturated rings. The van der Waals surface area contributed by atoms with Crippen LogP contribution >= 0.6 is 0 Å². The number of anilines is 1. The number of phenolic OH excluding ortho intramolecular Hbond substituents is 2. The lowest BCUT2D eigenvalue weighted by Gasteiger charge is -2.09. The summed E-state index contributed by atoms with van der Waals surface area (Å²) < 4.78 is 34.4. The zero-order valence-corrected chi connectivity index (χ0v) is 19.0. The van der Waals surface area contributed by atoms with Gasteiger partial charge in [0.15, 0.2) is 0 Å². The monoisotopic (exact) mass is 492 g/mol. The van der Waals surface area contributed by atoms with Crippen LogP contribution in [0.2, 0.25) is 0 Å². The largest absolute Gasteiger partial charge is 0.508 e. The Morgan fingerprint density at radius 1 is 0.914 bits per heavy atom. The van der Waals surface area contributed by atoms with Crippen molar-refractivity contribution in [1.29, 1.82) is 0 Å². The summed E-state index contributed by atoms with van der Waals surface area (Å²) in [5.74, 6) is 0.830. The SMILES string of the molecule is O=S(=O)(NCCNc1nccc(-c2c(-c3ccc(O)cc3)nc3occn23)n1)c1ccc(O)cc1. The third-order valence-corrected chi connectivity index (χ3v) is 6.63. The lowest BCUT2D eigenvalue weighted by Crippen LogP contribution is -2.29. The summed E-state index contributed by atoms with van der Waals surface area (Å²) >= 11 is 0. The molecular weight excluding hydrogens is 472 g/mol. The van der Waals surface area contributed by atoms with Gasteiger partial charge in [0, 0.05) is 31.0 Å². The Morgan fingerprint density at radius 3 is 2.37 bits per heavy atom. The highest BCUT2D eigenvalue weighted by Gasteiger charge is 2.19. The summed E-state index contributed by atoms with van der Waals surface area (Å²) in [6.45, 7) is 0.327. The molecule has 0 bridgehead atoms.